The van der Waals surface area contributed by atoms with Crippen LogP contribution in [-0.2, 0) is 28.9 Å². The van der Waals surface area contributed by atoms with Crippen molar-refractivity contribution in [2.75, 3.05) is 7.05 Å². The molecule has 0 radical (unpaired) electrons. The number of nitrogens with one attached hydrogen (secondary N) is 2. The van der Waals surface area contributed by atoms with Crippen molar-refractivity contribution in [3.05, 3.63) is 53.6 Å². The third-order valence-corrected chi connectivity index (χ3v) is 5.47. The van der Waals surface area contributed by atoms with E-state index in [9.17, 15) is 22.0 Å². The predicted molar refractivity (Wildman–Crippen MR) is 105 cm³/mol. The van der Waals surface area contributed by atoms with Gasteiger partial charge >= 0.3 is 12.6 Å². The Morgan fingerprint density at radius 3 is 2.41 bits per heavy atom. The second kappa shape index (κ2) is 9.79. The first-order valence-corrected chi connectivity index (χ1v) is 10.6. The molecule has 0 aliphatic rings. The van der Waals surface area contributed by atoms with E-state index in [0.717, 1.165) is 11.8 Å². The highest BCUT2D eigenvalue weighted by Gasteiger charge is 2.16. The number of hydrogen-bond acceptors (Lipinski definition) is 4. The molecule has 0 aliphatic carbocycles. The lowest BCUT2D eigenvalue weighted by Crippen LogP contribution is -2.37. The van der Waals surface area contributed by atoms with Crippen LogP contribution < -0.4 is 10.0 Å². The highest BCUT2D eigenvalue weighted by atomic mass is 32.2. The van der Waals surface area contributed by atoms with Gasteiger partial charge in [-0.3, -0.25) is 4.57 Å². The van der Waals surface area contributed by atoms with Crippen LogP contribution in [0.5, 0.6) is 0 Å². The fourth-order valence-electron chi connectivity index (χ4n) is 2.61. The summed E-state index contributed by atoms with van der Waals surface area (Å²) in [5.41, 5.74) is 1.41. The average molecular weight is 429 g/mol. The summed E-state index contributed by atoms with van der Waals surface area (Å²) in [6.45, 7) is 0.927. The molecule has 8 nitrogen and oxygen atoms in total. The zero-order valence-electron chi connectivity index (χ0n) is 16.5. The molecule has 0 spiro atoms. The van der Waals surface area contributed by atoms with Crippen LogP contribution in [0.2, 0.25) is 0 Å². The van der Waals surface area contributed by atoms with E-state index in [4.69, 9.17) is 0 Å². The molecule has 11 heteroatoms. The molecule has 0 saturated heterocycles. The number of imidazole rings is 1. The molecule has 0 bridgehead atoms. The number of hydrogen-bond donors (Lipinski definition) is 2. The molecule has 2 rings (SSSR count). The van der Waals surface area contributed by atoms with E-state index in [1.165, 1.54) is 18.1 Å². The van der Waals surface area contributed by atoms with Gasteiger partial charge in [-0.2, -0.15) is 8.78 Å². The summed E-state index contributed by atoms with van der Waals surface area (Å²) in [5, 5.41) is 2.69. The number of benzene rings is 1. The van der Waals surface area contributed by atoms with Crippen molar-refractivity contribution < 1.29 is 22.0 Å². The maximum Gasteiger partial charge on any atom is 0.319 e. The number of sulfonamides is 1. The third kappa shape index (κ3) is 7.09. The number of halogens is 2. The van der Waals surface area contributed by atoms with Gasteiger partial charge in [-0.25, -0.2) is 22.9 Å². The Hall–Kier alpha value is -2.53. The summed E-state index contributed by atoms with van der Waals surface area (Å²) in [6.07, 6.45) is 2.41. The van der Waals surface area contributed by atoms with Gasteiger partial charge in [0.2, 0.25) is 10.0 Å². The standard InChI is InChI=1S/C18H25F2N5O3S/c1-13(2)23-29(27,28)12-15-6-4-14(5-7-15)10-22-18(26)24(3)11-16-21-8-9-25(16)17(19)20/h4-9,13,17,23H,10-12H2,1-3H3,(H,22,26). The monoisotopic (exact) mass is 429 g/mol. The van der Waals surface area contributed by atoms with Crippen LogP contribution in [0.4, 0.5) is 13.6 Å². The van der Waals surface area contributed by atoms with Crippen LogP contribution in [0.3, 0.4) is 0 Å². The molecule has 2 amide bonds. The maximum atomic E-state index is 12.8. The van der Waals surface area contributed by atoms with Crippen LogP contribution in [0.1, 0.15) is 37.3 Å². The zero-order valence-corrected chi connectivity index (χ0v) is 17.3. The largest absolute Gasteiger partial charge is 0.334 e. The molecule has 0 saturated carbocycles. The molecule has 0 atom stereocenters. The Balaban J connectivity index is 1.87. The predicted octanol–water partition coefficient (Wildman–Crippen LogP) is 2.45. The number of carbonyl (C=O) groups excluding carboxylic acids is 1. The van der Waals surface area contributed by atoms with Crippen molar-refractivity contribution in [1.29, 1.82) is 0 Å². The fourth-order valence-corrected chi connectivity index (χ4v) is 4.05. The Bertz CT molecular complexity index is 914. The first kappa shape index (κ1) is 22.8. The summed E-state index contributed by atoms with van der Waals surface area (Å²) < 4.78 is 52.8. The third-order valence-electron chi connectivity index (χ3n) is 3.92. The van der Waals surface area contributed by atoms with Crippen molar-refractivity contribution >= 4 is 16.1 Å². The van der Waals surface area contributed by atoms with Crippen LogP contribution >= 0.6 is 0 Å². The lowest BCUT2D eigenvalue weighted by atomic mass is 10.1. The molecule has 1 heterocycles. The summed E-state index contributed by atoms with van der Waals surface area (Å²) in [4.78, 5) is 17.3. The quantitative estimate of drug-likeness (QED) is 0.640. The summed E-state index contributed by atoms with van der Waals surface area (Å²) in [6, 6.07) is 6.20. The Labute approximate surface area is 169 Å². The number of nitrogens with zero attached hydrogens (tertiary/aromatic N) is 3. The van der Waals surface area contributed by atoms with Crippen LogP contribution in [0, 0.1) is 0 Å². The van der Waals surface area contributed by atoms with Crippen molar-refractivity contribution in [3.8, 4) is 0 Å². The van der Waals surface area contributed by atoms with E-state index >= 15 is 0 Å². The Morgan fingerprint density at radius 1 is 1.21 bits per heavy atom. The van der Waals surface area contributed by atoms with Crippen LogP contribution in [0.15, 0.2) is 36.7 Å². The Morgan fingerprint density at radius 2 is 1.83 bits per heavy atom. The van der Waals surface area contributed by atoms with Gasteiger partial charge in [-0.15, -0.1) is 0 Å². The molecular weight excluding hydrogens is 404 g/mol. The minimum Gasteiger partial charge on any atom is -0.334 e. The normalized spacial score (nSPS) is 11.8. The summed E-state index contributed by atoms with van der Waals surface area (Å²) in [5.74, 6) is -0.0460. The van der Waals surface area contributed by atoms with Gasteiger partial charge in [0.1, 0.15) is 5.82 Å². The topological polar surface area (TPSA) is 96.3 Å². The second-order valence-electron chi connectivity index (χ2n) is 6.89. The van der Waals surface area contributed by atoms with E-state index < -0.39 is 22.6 Å². The van der Waals surface area contributed by atoms with Gasteiger partial charge in [0.05, 0.1) is 12.3 Å². The highest BCUT2D eigenvalue weighted by Crippen LogP contribution is 2.13. The molecule has 1 aromatic heterocycles. The molecule has 160 valence electrons. The summed E-state index contributed by atoms with van der Waals surface area (Å²) in [7, 11) is -1.92. The number of alkyl halides is 2. The molecule has 2 aromatic rings. The first-order valence-electron chi connectivity index (χ1n) is 8.94. The van der Waals surface area contributed by atoms with Crippen molar-refractivity contribution in [2.24, 2.45) is 0 Å². The number of rotatable bonds is 9. The van der Waals surface area contributed by atoms with Gasteiger partial charge in [0.25, 0.3) is 0 Å². The number of aromatic nitrogens is 2. The number of urea groups is 1. The smallest absolute Gasteiger partial charge is 0.319 e. The van der Waals surface area contributed by atoms with Crippen molar-refractivity contribution in [2.45, 2.75) is 45.3 Å². The first-order chi connectivity index (χ1) is 13.6. The van der Waals surface area contributed by atoms with E-state index in [0.29, 0.717) is 10.1 Å². The highest BCUT2D eigenvalue weighted by molar-refractivity contribution is 7.88. The van der Waals surface area contributed by atoms with Crippen molar-refractivity contribution in [1.82, 2.24) is 24.5 Å². The average Bonchev–Trinajstić information content (AvgIpc) is 3.07. The fraction of sp³-hybridized carbons (Fsp3) is 0.444. The van der Waals surface area contributed by atoms with E-state index in [1.54, 1.807) is 38.1 Å². The number of carbonyl (C=O) groups is 1. The maximum absolute atomic E-state index is 12.8. The van der Waals surface area contributed by atoms with E-state index in [-0.39, 0.29) is 30.7 Å². The molecule has 0 fully saturated rings. The lowest BCUT2D eigenvalue weighted by molar-refractivity contribution is 0.0651. The summed E-state index contributed by atoms with van der Waals surface area (Å²) >= 11 is 0. The van der Waals surface area contributed by atoms with Crippen LogP contribution in [0.25, 0.3) is 0 Å². The van der Waals surface area contributed by atoms with E-state index in [2.05, 4.69) is 15.0 Å². The van der Waals surface area contributed by atoms with Gasteiger partial charge in [-0.1, -0.05) is 24.3 Å². The molecule has 0 unspecified atom stereocenters. The SMILES string of the molecule is CC(C)NS(=O)(=O)Cc1ccc(CNC(=O)N(C)Cc2nccn2C(F)F)cc1. The molecule has 29 heavy (non-hydrogen) atoms. The molecule has 1 aromatic carbocycles. The van der Waals surface area contributed by atoms with Crippen molar-refractivity contribution in [3.63, 3.8) is 0 Å². The number of amides is 2. The van der Waals surface area contributed by atoms with Crippen LogP contribution in [-0.4, -0.2) is 42.0 Å². The van der Waals surface area contributed by atoms with Gasteiger partial charge in [0.15, 0.2) is 0 Å². The van der Waals surface area contributed by atoms with Gasteiger partial charge < -0.3 is 10.2 Å². The second-order valence-corrected chi connectivity index (χ2v) is 8.65. The Kier molecular flexibility index (Phi) is 7.68. The molecular formula is C18H25F2N5O3S. The minimum absolute atomic E-state index is 0.0666. The lowest BCUT2D eigenvalue weighted by Gasteiger charge is -2.18. The minimum atomic E-state index is -3.41. The molecule has 0 aliphatic heterocycles. The molecule has 2 N–H and O–H groups in total. The van der Waals surface area contributed by atoms with E-state index in [1.807, 2.05) is 0 Å². The van der Waals surface area contributed by atoms with Gasteiger partial charge in [-0.05, 0) is 25.0 Å². The zero-order chi connectivity index (χ0) is 21.6. The van der Waals surface area contributed by atoms with Gasteiger partial charge in [0, 0.05) is 32.0 Å².